The van der Waals surface area contributed by atoms with Crippen molar-refractivity contribution in [2.45, 2.75) is 6.42 Å². The summed E-state index contributed by atoms with van der Waals surface area (Å²) in [6.07, 6.45) is 3.37. The lowest BCUT2D eigenvalue weighted by Crippen LogP contribution is -2.34. The van der Waals surface area contributed by atoms with Crippen molar-refractivity contribution in [3.63, 3.8) is 0 Å². The number of rotatable bonds is 2. The highest BCUT2D eigenvalue weighted by Crippen LogP contribution is 2.11. The molecule has 0 bridgehead atoms. The number of hydrogen-bond acceptors (Lipinski definition) is 1. The van der Waals surface area contributed by atoms with E-state index in [9.17, 15) is 5.11 Å². The highest BCUT2D eigenvalue weighted by atomic mass is 16.5. The maximum Gasteiger partial charge on any atom is 0.284 e. The largest absolute Gasteiger partial charge is 0.285 e. The average Bonchev–Trinajstić information content (AvgIpc) is 1.97. The first-order valence-corrected chi connectivity index (χ1v) is 3.26. The van der Waals surface area contributed by atoms with Gasteiger partial charge < -0.3 is 0 Å². The molecule has 0 aliphatic carbocycles. The summed E-state index contributed by atoms with van der Waals surface area (Å²) in [5.41, 5.74) is 0.336. The fourth-order valence-electron chi connectivity index (χ4n) is 0.842. The molecule has 11 heavy (non-hydrogen) atoms. The van der Waals surface area contributed by atoms with E-state index < -0.39 is 0 Å². The van der Waals surface area contributed by atoms with Crippen molar-refractivity contribution in [2.24, 2.45) is 0 Å². The molecule has 0 amide bonds. The molecule has 0 aliphatic heterocycles. The number of nitrogens with zero attached hydrogens (tertiary/aromatic N) is 1. The van der Waals surface area contributed by atoms with Crippen molar-refractivity contribution < 1.29 is 15.0 Å². The van der Waals surface area contributed by atoms with Gasteiger partial charge in [0.2, 0.25) is 6.20 Å². The molecule has 0 aromatic carbocycles. The summed E-state index contributed by atoms with van der Waals surface area (Å²) >= 11 is 0. The first-order valence-electron chi connectivity index (χ1n) is 3.26. The van der Waals surface area contributed by atoms with Gasteiger partial charge in [-0.3, -0.25) is 10.3 Å². The highest BCUT2D eigenvalue weighted by Gasteiger charge is 2.14. The average molecular weight is 151 g/mol. The standard InChI is InChI=1S/C8H9NO2/c1-2-4-7-8(10)5-3-6-9(7)11/h2-3,5-6,11H,1,4H2/q+1. The second-order valence-corrected chi connectivity index (χ2v) is 2.16. The molecule has 0 saturated carbocycles. The predicted octanol–water partition coefficient (Wildman–Crippen LogP) is 1.08. The molecular weight excluding hydrogens is 142 g/mol. The molecular formula is C8H9NO2+. The van der Waals surface area contributed by atoms with Gasteiger partial charge in [0.25, 0.3) is 11.4 Å². The van der Waals surface area contributed by atoms with E-state index in [1.165, 1.54) is 18.3 Å². The molecule has 0 spiro atoms. The normalized spacial score (nSPS) is 9.45. The van der Waals surface area contributed by atoms with E-state index in [4.69, 9.17) is 5.21 Å². The first kappa shape index (κ1) is 7.60. The minimum absolute atomic E-state index is 0.171. The van der Waals surface area contributed by atoms with E-state index in [-0.39, 0.29) is 5.75 Å². The molecule has 1 aromatic heterocycles. The van der Waals surface area contributed by atoms with Gasteiger partial charge in [0, 0.05) is 10.8 Å². The van der Waals surface area contributed by atoms with Crippen LogP contribution in [0.3, 0.4) is 0 Å². The van der Waals surface area contributed by atoms with Crippen molar-refractivity contribution in [2.75, 3.05) is 0 Å². The minimum Gasteiger partial charge on any atom is -0.285 e. The Morgan fingerprint density at radius 2 is 2.45 bits per heavy atom. The van der Waals surface area contributed by atoms with Gasteiger partial charge in [0.15, 0.2) is 0 Å². The zero-order valence-electron chi connectivity index (χ0n) is 6.03. The minimum atomic E-state index is -0.171. The number of pyridine rings is 1. The van der Waals surface area contributed by atoms with Gasteiger partial charge in [-0.05, 0) is 6.07 Å². The molecule has 57 valence electrons. The van der Waals surface area contributed by atoms with E-state index in [0.29, 0.717) is 12.1 Å². The van der Waals surface area contributed by atoms with Crippen LogP contribution in [-0.4, -0.2) is 5.21 Å². The van der Waals surface area contributed by atoms with E-state index in [0.717, 1.165) is 4.73 Å². The van der Waals surface area contributed by atoms with Crippen LogP contribution in [0.1, 0.15) is 5.69 Å². The van der Waals surface area contributed by atoms with Crippen molar-refractivity contribution in [1.29, 1.82) is 0 Å². The lowest BCUT2D eigenvalue weighted by molar-refractivity contribution is -0.909. The smallest absolute Gasteiger partial charge is 0.284 e. The molecule has 1 heterocycles. The Balaban J connectivity index is 3.09. The van der Waals surface area contributed by atoms with Gasteiger partial charge in [-0.25, -0.2) is 0 Å². The zero-order chi connectivity index (χ0) is 8.27. The van der Waals surface area contributed by atoms with E-state index >= 15 is 0 Å². The second-order valence-electron chi connectivity index (χ2n) is 2.16. The Morgan fingerprint density at radius 1 is 1.73 bits per heavy atom. The van der Waals surface area contributed by atoms with E-state index in [2.05, 4.69) is 6.58 Å². The molecule has 3 heteroatoms. The molecule has 0 atom stereocenters. The molecule has 1 radical (unpaired) electrons. The highest BCUT2D eigenvalue weighted by molar-refractivity contribution is 5.21. The SMILES string of the molecule is C=CCc1c([O])ccc[n+]1O. The molecule has 3 nitrogen and oxygen atoms in total. The number of hydrogen-bond donors (Lipinski definition) is 1. The van der Waals surface area contributed by atoms with Gasteiger partial charge in [-0.1, -0.05) is 6.08 Å². The second kappa shape index (κ2) is 3.05. The van der Waals surface area contributed by atoms with Crippen LogP contribution in [0.5, 0.6) is 5.75 Å². The Bertz CT molecular complexity index is 251. The van der Waals surface area contributed by atoms with Crippen molar-refractivity contribution >= 4 is 0 Å². The summed E-state index contributed by atoms with van der Waals surface area (Å²) in [7, 11) is 0. The summed E-state index contributed by atoms with van der Waals surface area (Å²) in [5.74, 6) is -0.171. The zero-order valence-corrected chi connectivity index (χ0v) is 6.03. The van der Waals surface area contributed by atoms with Gasteiger partial charge in [-0.15, -0.1) is 6.58 Å². The van der Waals surface area contributed by atoms with Gasteiger partial charge in [0.05, 0.1) is 6.42 Å². The van der Waals surface area contributed by atoms with Gasteiger partial charge >= 0.3 is 0 Å². The Hall–Kier alpha value is -1.51. The molecule has 0 fully saturated rings. The lowest BCUT2D eigenvalue weighted by atomic mass is 10.2. The summed E-state index contributed by atoms with van der Waals surface area (Å²) < 4.78 is 0.823. The van der Waals surface area contributed by atoms with Crippen LogP contribution in [0.4, 0.5) is 0 Å². The quantitative estimate of drug-likeness (QED) is 0.383. The molecule has 1 N–H and O–H groups in total. The summed E-state index contributed by atoms with van der Waals surface area (Å²) in [6.45, 7) is 3.47. The fourth-order valence-corrected chi connectivity index (χ4v) is 0.842. The number of allylic oxidation sites excluding steroid dienone is 1. The third-order valence-corrected chi connectivity index (χ3v) is 1.37. The van der Waals surface area contributed by atoms with Gasteiger partial charge in [0.1, 0.15) is 0 Å². The van der Waals surface area contributed by atoms with Gasteiger partial charge in [-0.2, -0.15) is 0 Å². The molecule has 0 aliphatic rings. The van der Waals surface area contributed by atoms with Crippen LogP contribution in [0, 0.1) is 0 Å². The van der Waals surface area contributed by atoms with Crippen LogP contribution in [0.15, 0.2) is 31.0 Å². The lowest BCUT2D eigenvalue weighted by Gasteiger charge is -1.91. The third-order valence-electron chi connectivity index (χ3n) is 1.37. The Labute approximate surface area is 64.8 Å². The maximum atomic E-state index is 11.0. The monoisotopic (exact) mass is 151 g/mol. The van der Waals surface area contributed by atoms with Crippen molar-refractivity contribution in [3.8, 4) is 5.75 Å². The molecule has 1 rings (SSSR count). The maximum absolute atomic E-state index is 11.0. The van der Waals surface area contributed by atoms with Crippen LogP contribution in [0.25, 0.3) is 0 Å². The first-order chi connectivity index (χ1) is 5.25. The summed E-state index contributed by atoms with van der Waals surface area (Å²) in [5, 5.41) is 20.1. The van der Waals surface area contributed by atoms with Crippen molar-refractivity contribution in [3.05, 3.63) is 36.7 Å². The topological polar surface area (TPSA) is 44.0 Å². The van der Waals surface area contributed by atoms with Crippen molar-refractivity contribution in [1.82, 2.24) is 0 Å². The molecule has 0 unspecified atom stereocenters. The van der Waals surface area contributed by atoms with Crippen LogP contribution in [0.2, 0.25) is 0 Å². The number of aromatic nitrogens is 1. The Morgan fingerprint density at radius 3 is 3.00 bits per heavy atom. The van der Waals surface area contributed by atoms with E-state index in [1.54, 1.807) is 6.08 Å². The Kier molecular flexibility index (Phi) is 2.11. The van der Waals surface area contributed by atoms with Crippen LogP contribution >= 0.6 is 0 Å². The van der Waals surface area contributed by atoms with Crippen LogP contribution < -0.4 is 4.73 Å². The predicted molar refractivity (Wildman–Crippen MR) is 37.9 cm³/mol. The third kappa shape index (κ3) is 1.49. The summed E-state index contributed by atoms with van der Waals surface area (Å²) in [4.78, 5) is 0. The van der Waals surface area contributed by atoms with Crippen LogP contribution in [-0.2, 0) is 11.5 Å². The summed E-state index contributed by atoms with van der Waals surface area (Å²) in [6, 6.07) is 2.90. The molecule has 1 aromatic rings. The van der Waals surface area contributed by atoms with E-state index in [1.807, 2.05) is 0 Å². The molecule has 0 saturated heterocycles. The fraction of sp³-hybridized carbons (Fsp3) is 0.125.